The van der Waals surface area contributed by atoms with E-state index in [2.05, 4.69) is 15.0 Å². The van der Waals surface area contributed by atoms with E-state index in [1.165, 1.54) is 10.6 Å². The second kappa shape index (κ2) is 7.01. The predicted molar refractivity (Wildman–Crippen MR) is 95.1 cm³/mol. The molecule has 0 bridgehead atoms. The largest absolute Gasteiger partial charge is 0.487 e. The van der Waals surface area contributed by atoms with Crippen LogP contribution in [0.25, 0.3) is 0 Å². The molecule has 0 spiro atoms. The van der Waals surface area contributed by atoms with Gasteiger partial charge in [-0.3, -0.25) is 9.67 Å². The smallest absolute Gasteiger partial charge is 0.211 e. The zero-order chi connectivity index (χ0) is 18.0. The fraction of sp³-hybridized carbons (Fsp3) is 0.500. The van der Waals surface area contributed by atoms with Crippen LogP contribution in [0.1, 0.15) is 11.3 Å². The molecule has 1 fully saturated rings. The van der Waals surface area contributed by atoms with E-state index in [9.17, 15) is 8.42 Å². The number of anilines is 1. The average molecular weight is 365 g/mol. The minimum absolute atomic E-state index is 0.396. The minimum atomic E-state index is -3.14. The summed E-state index contributed by atoms with van der Waals surface area (Å²) in [7, 11) is -1.24. The fourth-order valence-electron chi connectivity index (χ4n) is 3.07. The molecule has 0 saturated carbocycles. The minimum Gasteiger partial charge on any atom is -0.487 e. The van der Waals surface area contributed by atoms with Gasteiger partial charge < -0.3 is 9.64 Å². The van der Waals surface area contributed by atoms with Gasteiger partial charge in [0.1, 0.15) is 18.2 Å². The number of hydrogen-bond acceptors (Lipinski definition) is 6. The van der Waals surface area contributed by atoms with Crippen molar-refractivity contribution in [2.75, 3.05) is 37.3 Å². The summed E-state index contributed by atoms with van der Waals surface area (Å²) >= 11 is 0. The van der Waals surface area contributed by atoms with Crippen molar-refractivity contribution in [2.24, 2.45) is 7.05 Å². The Balaban J connectivity index is 1.76. The molecule has 2 aromatic rings. The van der Waals surface area contributed by atoms with Crippen molar-refractivity contribution in [1.82, 2.24) is 19.1 Å². The van der Waals surface area contributed by atoms with Crippen LogP contribution >= 0.6 is 0 Å². The number of aryl methyl sites for hydroxylation is 2. The molecule has 0 N–H and O–H groups in total. The molecule has 0 atom stereocenters. The lowest BCUT2D eigenvalue weighted by atomic mass is 10.2. The van der Waals surface area contributed by atoms with Crippen molar-refractivity contribution in [2.45, 2.75) is 13.5 Å². The maximum absolute atomic E-state index is 11.7. The first-order valence-electron chi connectivity index (χ1n) is 8.11. The number of aromatic nitrogens is 3. The molecule has 0 unspecified atom stereocenters. The van der Waals surface area contributed by atoms with Crippen molar-refractivity contribution in [1.29, 1.82) is 0 Å². The fourth-order valence-corrected chi connectivity index (χ4v) is 3.90. The Morgan fingerprint density at radius 3 is 2.56 bits per heavy atom. The SMILES string of the molecule is Cc1nn(C)c(N2CCN(S(C)(=O)=O)CC2)c1COc1cccnc1. The lowest BCUT2D eigenvalue weighted by Crippen LogP contribution is -2.49. The second-order valence-electron chi connectivity index (χ2n) is 6.14. The van der Waals surface area contributed by atoms with E-state index in [-0.39, 0.29) is 0 Å². The zero-order valence-electron chi connectivity index (χ0n) is 14.7. The first-order valence-corrected chi connectivity index (χ1v) is 9.96. The van der Waals surface area contributed by atoms with E-state index in [0.717, 1.165) is 17.1 Å². The normalized spacial score (nSPS) is 16.2. The summed E-state index contributed by atoms with van der Waals surface area (Å²) < 4.78 is 32.6. The van der Waals surface area contributed by atoms with Gasteiger partial charge in [-0.2, -0.15) is 9.40 Å². The molecule has 1 aliphatic heterocycles. The molecule has 9 heteroatoms. The van der Waals surface area contributed by atoms with Crippen LogP contribution in [-0.2, 0) is 23.7 Å². The number of rotatable bonds is 5. The Kier molecular flexibility index (Phi) is 4.96. The van der Waals surface area contributed by atoms with Crippen LogP contribution in [0.4, 0.5) is 5.82 Å². The van der Waals surface area contributed by atoms with Crippen LogP contribution in [0.15, 0.2) is 24.5 Å². The van der Waals surface area contributed by atoms with Crippen molar-refractivity contribution < 1.29 is 13.2 Å². The van der Waals surface area contributed by atoms with Gasteiger partial charge in [0.15, 0.2) is 0 Å². The second-order valence-corrected chi connectivity index (χ2v) is 8.12. The lowest BCUT2D eigenvalue weighted by molar-refractivity contribution is 0.303. The molecular weight excluding hydrogens is 342 g/mol. The van der Waals surface area contributed by atoms with E-state index in [1.807, 2.05) is 30.8 Å². The molecule has 2 aromatic heterocycles. The average Bonchev–Trinajstić information content (AvgIpc) is 2.86. The van der Waals surface area contributed by atoms with Gasteiger partial charge >= 0.3 is 0 Å². The molecule has 136 valence electrons. The van der Waals surface area contributed by atoms with Gasteiger partial charge in [0.25, 0.3) is 0 Å². The lowest BCUT2D eigenvalue weighted by Gasteiger charge is -2.35. The maximum atomic E-state index is 11.7. The Morgan fingerprint density at radius 2 is 1.96 bits per heavy atom. The standard InChI is InChI=1S/C16H23N5O3S/c1-13-15(12-24-14-5-4-6-17-11-14)16(19(2)18-13)20-7-9-21(10-8-20)25(3,22)23/h4-6,11H,7-10,12H2,1-3H3. The summed E-state index contributed by atoms with van der Waals surface area (Å²) in [6, 6.07) is 3.69. The van der Waals surface area contributed by atoms with Crippen molar-refractivity contribution in [3.63, 3.8) is 0 Å². The van der Waals surface area contributed by atoms with Crippen molar-refractivity contribution in [3.05, 3.63) is 35.8 Å². The topological polar surface area (TPSA) is 80.6 Å². The molecule has 1 aliphatic rings. The first-order chi connectivity index (χ1) is 11.9. The number of hydrogen-bond donors (Lipinski definition) is 0. The Labute approximate surface area is 148 Å². The number of sulfonamides is 1. The highest BCUT2D eigenvalue weighted by Crippen LogP contribution is 2.26. The van der Waals surface area contributed by atoms with Gasteiger partial charge in [0.2, 0.25) is 10.0 Å². The zero-order valence-corrected chi connectivity index (χ0v) is 15.5. The van der Waals surface area contributed by atoms with E-state index in [1.54, 1.807) is 12.4 Å². The van der Waals surface area contributed by atoms with Gasteiger partial charge in [-0.15, -0.1) is 0 Å². The Hall–Kier alpha value is -2.13. The number of nitrogens with zero attached hydrogens (tertiary/aromatic N) is 5. The number of ether oxygens (including phenoxy) is 1. The molecule has 0 aliphatic carbocycles. The predicted octanol–water partition coefficient (Wildman–Crippen LogP) is 0.784. The van der Waals surface area contributed by atoms with E-state index >= 15 is 0 Å². The highest BCUT2D eigenvalue weighted by atomic mass is 32.2. The third-order valence-corrected chi connectivity index (χ3v) is 5.64. The third-order valence-electron chi connectivity index (χ3n) is 4.34. The summed E-state index contributed by atoms with van der Waals surface area (Å²) in [5.41, 5.74) is 1.92. The molecule has 3 heterocycles. The highest BCUT2D eigenvalue weighted by molar-refractivity contribution is 7.88. The van der Waals surface area contributed by atoms with Gasteiger partial charge in [-0.25, -0.2) is 8.42 Å². The summed E-state index contributed by atoms with van der Waals surface area (Å²) in [6.07, 6.45) is 4.63. The molecule has 0 radical (unpaired) electrons. The van der Waals surface area contributed by atoms with E-state index < -0.39 is 10.0 Å². The van der Waals surface area contributed by atoms with Crippen LogP contribution in [0.2, 0.25) is 0 Å². The Morgan fingerprint density at radius 1 is 1.24 bits per heavy atom. The first kappa shape index (κ1) is 17.7. The number of piperazine rings is 1. The molecule has 0 aromatic carbocycles. The van der Waals surface area contributed by atoms with Gasteiger partial charge in [0, 0.05) is 39.4 Å². The van der Waals surface area contributed by atoms with Crippen molar-refractivity contribution >= 4 is 15.8 Å². The highest BCUT2D eigenvalue weighted by Gasteiger charge is 2.27. The molecule has 1 saturated heterocycles. The van der Waals surface area contributed by atoms with Crippen LogP contribution in [0, 0.1) is 6.92 Å². The van der Waals surface area contributed by atoms with E-state index in [0.29, 0.717) is 38.5 Å². The molecule has 3 rings (SSSR count). The van der Waals surface area contributed by atoms with Gasteiger partial charge in [0.05, 0.1) is 23.7 Å². The maximum Gasteiger partial charge on any atom is 0.211 e. The molecule has 0 amide bonds. The van der Waals surface area contributed by atoms with Crippen molar-refractivity contribution in [3.8, 4) is 5.75 Å². The van der Waals surface area contributed by atoms with Gasteiger partial charge in [-0.1, -0.05) is 0 Å². The third kappa shape index (κ3) is 3.93. The quantitative estimate of drug-likeness (QED) is 0.779. The summed E-state index contributed by atoms with van der Waals surface area (Å²) in [4.78, 5) is 6.22. The van der Waals surface area contributed by atoms with Crippen LogP contribution < -0.4 is 9.64 Å². The summed E-state index contributed by atoms with van der Waals surface area (Å²) in [5.74, 6) is 1.69. The summed E-state index contributed by atoms with van der Waals surface area (Å²) in [5, 5.41) is 4.51. The summed E-state index contributed by atoms with van der Waals surface area (Å²) in [6.45, 7) is 4.57. The number of pyridine rings is 1. The monoisotopic (exact) mass is 365 g/mol. The van der Waals surface area contributed by atoms with Gasteiger partial charge in [-0.05, 0) is 19.1 Å². The molecule has 25 heavy (non-hydrogen) atoms. The molecular formula is C16H23N5O3S. The van der Waals surface area contributed by atoms with E-state index in [4.69, 9.17) is 4.74 Å². The Bertz CT molecular complexity index is 827. The van der Waals surface area contributed by atoms with Crippen LogP contribution in [0.3, 0.4) is 0 Å². The molecule has 8 nitrogen and oxygen atoms in total. The van der Waals surface area contributed by atoms with Crippen LogP contribution in [-0.4, -0.2) is 59.9 Å². The van der Waals surface area contributed by atoms with Crippen LogP contribution in [0.5, 0.6) is 5.75 Å².